The molecule has 7 heteroatoms. The highest BCUT2D eigenvalue weighted by atomic mass is 31.0. The molecule has 1 atom stereocenters. The van der Waals surface area contributed by atoms with Crippen LogP contribution in [0.25, 0.3) is 0 Å². The normalized spacial score (nSPS) is 11.7. The molecule has 1 unspecified atom stereocenters. The van der Waals surface area contributed by atoms with E-state index < -0.39 is 17.5 Å². The molecule has 0 aromatic heterocycles. The van der Waals surface area contributed by atoms with E-state index in [1.165, 1.54) is 18.2 Å². The zero-order valence-corrected chi connectivity index (χ0v) is 20.3. The lowest BCUT2D eigenvalue weighted by Crippen LogP contribution is -2.29. The molecule has 3 nitrogen and oxygen atoms in total. The van der Waals surface area contributed by atoms with Gasteiger partial charge >= 0.3 is 6.11 Å². The number of ether oxygens (including phenoxy) is 1. The van der Waals surface area contributed by atoms with Crippen LogP contribution in [0.4, 0.5) is 13.2 Å². The molecule has 0 radical (unpaired) electrons. The SMILES string of the molecule is OCCCCCCCc1cc(F)c(C(F)(F)Oc2ccc(CCCCCCO)cc2)c(P)c1. The van der Waals surface area contributed by atoms with E-state index in [0.717, 1.165) is 69.8 Å². The molecule has 2 rings (SSSR count). The van der Waals surface area contributed by atoms with Gasteiger partial charge in [0.15, 0.2) is 0 Å². The van der Waals surface area contributed by atoms with Gasteiger partial charge in [-0.1, -0.05) is 50.3 Å². The van der Waals surface area contributed by atoms with Gasteiger partial charge in [-0.25, -0.2) is 4.39 Å². The molecule has 0 heterocycles. The summed E-state index contributed by atoms with van der Waals surface area (Å²) in [6.07, 6.45) is 5.90. The Labute approximate surface area is 197 Å². The average molecular weight is 485 g/mol. The van der Waals surface area contributed by atoms with E-state index in [9.17, 15) is 13.2 Å². The standard InChI is InChI=1S/C26H36F3O3P/c27-23-18-21(11-7-2-1-4-8-16-30)19-24(33)25(23)26(28,29)32-22-14-12-20(13-15-22)10-6-3-5-9-17-31/h12-15,18-19,30-31H,1-11,16-17,33H2. The fourth-order valence-corrected chi connectivity index (χ4v) is 4.35. The van der Waals surface area contributed by atoms with E-state index in [1.807, 2.05) is 0 Å². The highest BCUT2D eigenvalue weighted by Crippen LogP contribution is 2.34. The molecule has 0 aliphatic carbocycles. The smallest absolute Gasteiger partial charge is 0.429 e. The quantitative estimate of drug-likeness (QED) is 0.226. The van der Waals surface area contributed by atoms with Gasteiger partial charge in [-0.2, -0.15) is 8.78 Å². The van der Waals surface area contributed by atoms with Gasteiger partial charge in [0.2, 0.25) is 0 Å². The van der Waals surface area contributed by atoms with Crippen LogP contribution in [-0.4, -0.2) is 23.4 Å². The summed E-state index contributed by atoms with van der Waals surface area (Å²) in [6, 6.07) is 9.23. The molecule has 2 N–H and O–H groups in total. The highest BCUT2D eigenvalue weighted by Gasteiger charge is 2.39. The molecular formula is C26H36F3O3P. The summed E-state index contributed by atoms with van der Waals surface area (Å²) in [5.41, 5.74) is 0.947. The molecule has 0 aliphatic heterocycles. The van der Waals surface area contributed by atoms with Gasteiger partial charge in [-0.3, -0.25) is 0 Å². The topological polar surface area (TPSA) is 49.7 Å². The van der Waals surface area contributed by atoms with Crippen LogP contribution in [0.1, 0.15) is 74.5 Å². The van der Waals surface area contributed by atoms with Crippen LogP contribution >= 0.6 is 9.24 Å². The van der Waals surface area contributed by atoms with E-state index in [2.05, 4.69) is 9.24 Å². The summed E-state index contributed by atoms with van der Waals surface area (Å²) in [6.45, 7) is 0.392. The van der Waals surface area contributed by atoms with Gasteiger partial charge in [0.25, 0.3) is 0 Å². The van der Waals surface area contributed by atoms with Gasteiger partial charge in [0, 0.05) is 13.2 Å². The first-order valence-corrected chi connectivity index (χ1v) is 12.4. The van der Waals surface area contributed by atoms with Crippen LogP contribution in [0.5, 0.6) is 5.75 Å². The minimum atomic E-state index is -3.80. The third-order valence-electron chi connectivity index (χ3n) is 5.64. The molecule has 0 bridgehead atoms. The number of hydrogen-bond donors (Lipinski definition) is 2. The number of halogens is 3. The van der Waals surface area contributed by atoms with Crippen molar-refractivity contribution in [2.24, 2.45) is 0 Å². The predicted molar refractivity (Wildman–Crippen MR) is 130 cm³/mol. The molecule has 0 fully saturated rings. The van der Waals surface area contributed by atoms with Crippen molar-refractivity contribution in [1.29, 1.82) is 0 Å². The third kappa shape index (κ3) is 9.64. The zero-order chi connectivity index (χ0) is 24.1. The van der Waals surface area contributed by atoms with E-state index in [1.54, 1.807) is 18.2 Å². The number of unbranched alkanes of at least 4 members (excludes halogenated alkanes) is 7. The lowest BCUT2D eigenvalue weighted by molar-refractivity contribution is -0.186. The lowest BCUT2D eigenvalue weighted by atomic mass is 10.0. The molecule has 0 amide bonds. The van der Waals surface area contributed by atoms with Crippen molar-refractivity contribution < 1.29 is 28.1 Å². The zero-order valence-electron chi connectivity index (χ0n) is 19.2. The molecular weight excluding hydrogens is 448 g/mol. The Morgan fingerprint density at radius 3 is 1.79 bits per heavy atom. The average Bonchev–Trinajstić information content (AvgIpc) is 2.76. The lowest BCUT2D eigenvalue weighted by Gasteiger charge is -2.21. The van der Waals surface area contributed by atoms with Crippen molar-refractivity contribution in [2.45, 2.75) is 76.7 Å². The van der Waals surface area contributed by atoms with Crippen LogP contribution in [0, 0.1) is 5.82 Å². The minimum absolute atomic E-state index is 0.0141. The Morgan fingerprint density at radius 2 is 1.24 bits per heavy atom. The first-order chi connectivity index (χ1) is 15.9. The Hall–Kier alpha value is -1.62. The first-order valence-electron chi connectivity index (χ1n) is 11.8. The fourth-order valence-electron chi connectivity index (χ4n) is 3.83. The number of aryl methyl sites for hydroxylation is 2. The second kappa shape index (κ2) is 14.6. The number of benzene rings is 2. The number of rotatable bonds is 16. The Morgan fingerprint density at radius 1 is 0.727 bits per heavy atom. The molecule has 0 spiro atoms. The molecule has 2 aromatic rings. The first kappa shape index (κ1) is 27.6. The maximum Gasteiger partial charge on any atom is 0.430 e. The Kier molecular flexibility index (Phi) is 12.2. The van der Waals surface area contributed by atoms with Crippen molar-refractivity contribution in [3.8, 4) is 5.75 Å². The van der Waals surface area contributed by atoms with E-state index in [-0.39, 0.29) is 24.3 Å². The predicted octanol–water partition coefficient (Wildman–Crippen LogP) is 6.03. The number of aliphatic hydroxyl groups excluding tert-OH is 2. The summed E-state index contributed by atoms with van der Waals surface area (Å²) in [7, 11) is 2.21. The highest BCUT2D eigenvalue weighted by molar-refractivity contribution is 7.27. The number of aliphatic hydroxyl groups is 2. The molecule has 33 heavy (non-hydrogen) atoms. The summed E-state index contributed by atoms with van der Waals surface area (Å²) in [5.74, 6) is -0.984. The van der Waals surface area contributed by atoms with Crippen LogP contribution in [0.3, 0.4) is 0 Å². The van der Waals surface area contributed by atoms with Crippen LogP contribution < -0.4 is 10.0 Å². The summed E-state index contributed by atoms with van der Waals surface area (Å²) >= 11 is 0. The molecule has 184 valence electrons. The van der Waals surface area contributed by atoms with E-state index in [0.29, 0.717) is 12.0 Å². The van der Waals surface area contributed by atoms with Gasteiger partial charge in [0.05, 0.1) is 0 Å². The second-order valence-corrected chi connectivity index (χ2v) is 9.06. The van der Waals surface area contributed by atoms with Gasteiger partial charge in [0.1, 0.15) is 17.1 Å². The second-order valence-electron chi connectivity index (χ2n) is 8.43. The number of hydrogen-bond acceptors (Lipinski definition) is 3. The van der Waals surface area contributed by atoms with Crippen molar-refractivity contribution in [2.75, 3.05) is 13.2 Å². The maximum atomic E-state index is 14.8. The van der Waals surface area contributed by atoms with E-state index >= 15 is 0 Å². The summed E-state index contributed by atoms with van der Waals surface area (Å²) in [4.78, 5) is 0. The summed E-state index contributed by atoms with van der Waals surface area (Å²) in [5, 5.41) is 17.7. The minimum Gasteiger partial charge on any atom is -0.429 e. The molecule has 2 aromatic carbocycles. The number of alkyl halides is 2. The Bertz CT molecular complexity index is 805. The van der Waals surface area contributed by atoms with Crippen molar-refractivity contribution in [3.63, 3.8) is 0 Å². The molecule has 0 saturated carbocycles. The van der Waals surface area contributed by atoms with Crippen LogP contribution in [0.15, 0.2) is 36.4 Å². The van der Waals surface area contributed by atoms with Gasteiger partial charge in [-0.05, 0) is 73.2 Å². The maximum absolute atomic E-state index is 14.8. The van der Waals surface area contributed by atoms with Crippen LogP contribution in [0.2, 0.25) is 0 Å². The molecule has 0 aliphatic rings. The van der Waals surface area contributed by atoms with Gasteiger partial charge in [-0.15, -0.1) is 9.24 Å². The third-order valence-corrected chi connectivity index (χ3v) is 6.09. The van der Waals surface area contributed by atoms with Crippen molar-refractivity contribution in [3.05, 3.63) is 58.9 Å². The van der Waals surface area contributed by atoms with Crippen LogP contribution in [-0.2, 0) is 19.0 Å². The van der Waals surface area contributed by atoms with Gasteiger partial charge < -0.3 is 14.9 Å². The van der Waals surface area contributed by atoms with Crippen molar-refractivity contribution in [1.82, 2.24) is 0 Å². The molecule has 0 saturated heterocycles. The van der Waals surface area contributed by atoms with Crippen molar-refractivity contribution >= 4 is 14.5 Å². The monoisotopic (exact) mass is 484 g/mol. The largest absolute Gasteiger partial charge is 0.430 e. The Balaban J connectivity index is 1.94. The fraction of sp³-hybridized carbons (Fsp3) is 0.538. The summed E-state index contributed by atoms with van der Waals surface area (Å²) < 4.78 is 49.2. The van der Waals surface area contributed by atoms with E-state index in [4.69, 9.17) is 14.9 Å².